The van der Waals surface area contributed by atoms with Crippen molar-refractivity contribution >= 4 is 32.6 Å². The van der Waals surface area contributed by atoms with Crippen LogP contribution in [-0.2, 0) is 10.0 Å². The smallest absolute Gasteiger partial charge is 0.245 e. The SMILES string of the molecule is COc1cccc(I)c1S(=O)(=O)NC(C)(C)C. The maximum atomic E-state index is 12.3. The summed E-state index contributed by atoms with van der Waals surface area (Å²) < 4.78 is 32.9. The molecule has 0 atom stereocenters. The van der Waals surface area contributed by atoms with E-state index in [1.807, 2.05) is 22.6 Å². The van der Waals surface area contributed by atoms with Crippen LogP contribution in [0, 0.1) is 3.57 Å². The lowest BCUT2D eigenvalue weighted by atomic mass is 10.1. The molecule has 0 fully saturated rings. The maximum absolute atomic E-state index is 12.3. The van der Waals surface area contributed by atoms with Crippen LogP contribution in [0.5, 0.6) is 5.75 Å². The highest BCUT2D eigenvalue weighted by atomic mass is 127. The predicted octanol–water partition coefficient (Wildman–Crippen LogP) is 2.38. The molecule has 0 spiro atoms. The van der Waals surface area contributed by atoms with Gasteiger partial charge in [-0.2, -0.15) is 0 Å². The zero-order valence-corrected chi connectivity index (χ0v) is 13.2. The quantitative estimate of drug-likeness (QED) is 0.833. The topological polar surface area (TPSA) is 55.4 Å². The average molecular weight is 369 g/mol. The van der Waals surface area contributed by atoms with Gasteiger partial charge < -0.3 is 4.74 Å². The van der Waals surface area contributed by atoms with Crippen LogP contribution in [0.1, 0.15) is 20.8 Å². The highest BCUT2D eigenvalue weighted by molar-refractivity contribution is 14.1. The third-order valence-electron chi connectivity index (χ3n) is 1.86. The zero-order valence-electron chi connectivity index (χ0n) is 10.2. The molecule has 0 aliphatic carbocycles. The summed E-state index contributed by atoms with van der Waals surface area (Å²) in [6, 6.07) is 5.14. The second kappa shape index (κ2) is 5.11. The summed E-state index contributed by atoms with van der Waals surface area (Å²) in [5.41, 5.74) is -0.525. The molecule has 1 rings (SSSR count). The Bertz CT molecular complexity index is 506. The molecule has 0 heterocycles. The third-order valence-corrected chi connectivity index (χ3v) is 4.96. The largest absolute Gasteiger partial charge is 0.495 e. The molecule has 0 bridgehead atoms. The van der Waals surface area contributed by atoms with E-state index in [1.54, 1.807) is 39.0 Å². The van der Waals surface area contributed by atoms with Crippen molar-refractivity contribution < 1.29 is 13.2 Å². The van der Waals surface area contributed by atoms with Crippen LogP contribution >= 0.6 is 22.6 Å². The van der Waals surface area contributed by atoms with Crippen molar-refractivity contribution in [1.29, 1.82) is 0 Å². The van der Waals surface area contributed by atoms with Gasteiger partial charge >= 0.3 is 0 Å². The Balaban J connectivity index is 3.33. The number of hydrogen-bond donors (Lipinski definition) is 1. The molecule has 1 aromatic carbocycles. The van der Waals surface area contributed by atoms with Gasteiger partial charge in [-0.05, 0) is 55.5 Å². The number of ether oxygens (including phenoxy) is 1. The molecule has 0 amide bonds. The molecule has 0 aromatic heterocycles. The van der Waals surface area contributed by atoms with Gasteiger partial charge in [-0.15, -0.1) is 0 Å². The van der Waals surface area contributed by atoms with E-state index in [2.05, 4.69) is 4.72 Å². The van der Waals surface area contributed by atoms with E-state index in [0.29, 0.717) is 9.32 Å². The van der Waals surface area contributed by atoms with Crippen LogP contribution in [0.4, 0.5) is 0 Å². The highest BCUT2D eigenvalue weighted by Crippen LogP contribution is 2.29. The maximum Gasteiger partial charge on any atom is 0.245 e. The lowest BCUT2D eigenvalue weighted by Crippen LogP contribution is -2.40. The minimum absolute atomic E-state index is 0.193. The molecule has 0 unspecified atom stereocenters. The summed E-state index contributed by atoms with van der Waals surface area (Å²) in [5, 5.41) is 0. The second-order valence-corrected chi connectivity index (χ2v) is 7.41. The van der Waals surface area contributed by atoms with Crippen molar-refractivity contribution in [3.63, 3.8) is 0 Å². The summed E-state index contributed by atoms with van der Waals surface area (Å²) in [7, 11) is -2.11. The summed E-state index contributed by atoms with van der Waals surface area (Å²) in [6.45, 7) is 5.40. The minimum atomic E-state index is -3.57. The van der Waals surface area contributed by atoms with E-state index in [9.17, 15) is 8.42 Å². The molecule has 96 valence electrons. The third kappa shape index (κ3) is 3.82. The number of halogens is 1. The van der Waals surface area contributed by atoms with Gasteiger partial charge in [0.1, 0.15) is 10.6 Å². The van der Waals surface area contributed by atoms with Gasteiger partial charge in [0.2, 0.25) is 10.0 Å². The lowest BCUT2D eigenvalue weighted by molar-refractivity contribution is 0.400. The summed E-state index contributed by atoms with van der Waals surface area (Å²) in [4.78, 5) is 0.193. The van der Waals surface area contributed by atoms with E-state index in [0.717, 1.165) is 0 Å². The fourth-order valence-electron chi connectivity index (χ4n) is 1.36. The van der Waals surface area contributed by atoms with Crippen molar-refractivity contribution in [2.75, 3.05) is 7.11 Å². The predicted molar refractivity (Wildman–Crippen MR) is 75.8 cm³/mol. The molecule has 17 heavy (non-hydrogen) atoms. The summed E-state index contributed by atoms with van der Waals surface area (Å²) >= 11 is 1.99. The lowest BCUT2D eigenvalue weighted by Gasteiger charge is -2.21. The van der Waals surface area contributed by atoms with Crippen molar-refractivity contribution in [3.05, 3.63) is 21.8 Å². The molecule has 0 radical (unpaired) electrons. The Hall–Kier alpha value is -0.340. The van der Waals surface area contributed by atoms with Gasteiger partial charge in [0, 0.05) is 9.11 Å². The fraction of sp³-hybridized carbons (Fsp3) is 0.455. The summed E-state index contributed by atoms with van der Waals surface area (Å²) in [5.74, 6) is 0.355. The van der Waals surface area contributed by atoms with Gasteiger partial charge in [0.05, 0.1) is 7.11 Å². The van der Waals surface area contributed by atoms with Crippen LogP contribution in [0.3, 0.4) is 0 Å². The van der Waals surface area contributed by atoms with Crippen LogP contribution in [0.15, 0.2) is 23.1 Å². The van der Waals surface area contributed by atoms with Gasteiger partial charge in [-0.25, -0.2) is 13.1 Å². The zero-order chi connectivity index (χ0) is 13.3. The second-order valence-electron chi connectivity index (χ2n) is 4.63. The minimum Gasteiger partial charge on any atom is -0.495 e. The standard InChI is InChI=1S/C11H16INO3S/c1-11(2,3)13-17(14,15)10-8(12)6-5-7-9(10)16-4/h5-7,13H,1-4H3. The van der Waals surface area contributed by atoms with Crippen LogP contribution in [0.2, 0.25) is 0 Å². The van der Waals surface area contributed by atoms with E-state index < -0.39 is 15.6 Å². The Morgan fingerprint density at radius 3 is 2.35 bits per heavy atom. The Kier molecular flexibility index (Phi) is 4.43. The monoisotopic (exact) mass is 369 g/mol. The molecule has 0 saturated heterocycles. The first kappa shape index (κ1) is 14.7. The van der Waals surface area contributed by atoms with E-state index >= 15 is 0 Å². The number of sulfonamides is 1. The Labute approximate surface area is 116 Å². The number of methoxy groups -OCH3 is 1. The normalized spacial score (nSPS) is 12.5. The molecule has 4 nitrogen and oxygen atoms in total. The first-order valence-electron chi connectivity index (χ1n) is 5.04. The highest BCUT2D eigenvalue weighted by Gasteiger charge is 2.27. The number of hydrogen-bond acceptors (Lipinski definition) is 3. The van der Waals surface area contributed by atoms with Crippen molar-refractivity contribution in [2.45, 2.75) is 31.2 Å². The van der Waals surface area contributed by atoms with Crippen LogP contribution in [0.25, 0.3) is 0 Å². The first-order valence-corrected chi connectivity index (χ1v) is 7.60. The van der Waals surface area contributed by atoms with Gasteiger partial charge in [0.15, 0.2) is 0 Å². The molecule has 0 aliphatic heterocycles. The Morgan fingerprint density at radius 2 is 1.88 bits per heavy atom. The van der Waals surface area contributed by atoms with Crippen molar-refractivity contribution in [3.8, 4) is 5.75 Å². The molecule has 0 aliphatic rings. The fourth-order valence-corrected chi connectivity index (χ4v) is 4.36. The number of rotatable bonds is 3. The van der Waals surface area contributed by atoms with Crippen LogP contribution in [-0.4, -0.2) is 21.1 Å². The van der Waals surface area contributed by atoms with Crippen molar-refractivity contribution in [1.82, 2.24) is 4.72 Å². The average Bonchev–Trinajstić information content (AvgIpc) is 2.12. The van der Waals surface area contributed by atoms with Gasteiger partial charge in [-0.3, -0.25) is 0 Å². The molecular formula is C11H16INO3S. The molecule has 0 saturated carbocycles. The van der Waals surface area contributed by atoms with Crippen LogP contribution < -0.4 is 9.46 Å². The Morgan fingerprint density at radius 1 is 1.29 bits per heavy atom. The molecule has 6 heteroatoms. The molecule has 1 aromatic rings. The van der Waals surface area contributed by atoms with E-state index in [-0.39, 0.29) is 4.90 Å². The van der Waals surface area contributed by atoms with E-state index in [1.165, 1.54) is 7.11 Å². The first-order chi connectivity index (χ1) is 7.67. The van der Waals surface area contributed by atoms with E-state index in [4.69, 9.17) is 4.74 Å². The molecule has 1 N–H and O–H groups in total. The van der Waals surface area contributed by atoms with Crippen molar-refractivity contribution in [2.24, 2.45) is 0 Å². The molecular weight excluding hydrogens is 353 g/mol. The number of nitrogens with one attached hydrogen (secondary N) is 1. The summed E-state index contributed by atoms with van der Waals surface area (Å²) in [6.07, 6.45) is 0. The van der Waals surface area contributed by atoms with Gasteiger partial charge in [-0.1, -0.05) is 6.07 Å². The van der Waals surface area contributed by atoms with Gasteiger partial charge in [0.25, 0.3) is 0 Å². The number of benzene rings is 1.